The van der Waals surface area contributed by atoms with Gasteiger partial charge in [-0.1, -0.05) is 6.42 Å². The molecule has 0 bridgehead atoms. The maximum absolute atomic E-state index is 13.3. The summed E-state index contributed by atoms with van der Waals surface area (Å²) in [5.41, 5.74) is -0.647. The molecule has 0 spiro atoms. The maximum atomic E-state index is 13.3. The largest absolute Gasteiger partial charge is 0.478 e. The summed E-state index contributed by atoms with van der Waals surface area (Å²) in [6, 6.07) is 2.61. The van der Waals surface area contributed by atoms with Crippen molar-refractivity contribution in [1.82, 2.24) is 4.72 Å². The predicted octanol–water partition coefficient (Wildman–Crippen LogP) is 2.09. The summed E-state index contributed by atoms with van der Waals surface area (Å²) >= 11 is 1.61. The molecule has 2 rings (SSSR count). The molecule has 21 heavy (non-hydrogen) atoms. The van der Waals surface area contributed by atoms with Gasteiger partial charge in [-0.15, -0.1) is 0 Å². The minimum absolute atomic E-state index is 0.177. The molecule has 1 aliphatic rings. The molecule has 5 nitrogen and oxygen atoms in total. The van der Waals surface area contributed by atoms with Crippen LogP contribution >= 0.6 is 11.8 Å². The van der Waals surface area contributed by atoms with Gasteiger partial charge in [0, 0.05) is 11.3 Å². The van der Waals surface area contributed by atoms with Crippen molar-refractivity contribution < 1.29 is 22.7 Å². The van der Waals surface area contributed by atoms with E-state index in [1.807, 2.05) is 6.26 Å². The molecular weight excluding hydrogens is 317 g/mol. The van der Waals surface area contributed by atoms with E-state index in [4.69, 9.17) is 5.11 Å². The van der Waals surface area contributed by atoms with E-state index in [-0.39, 0.29) is 16.2 Å². The molecule has 8 heteroatoms. The Morgan fingerprint density at radius 2 is 2.14 bits per heavy atom. The minimum Gasteiger partial charge on any atom is -0.478 e. The van der Waals surface area contributed by atoms with Gasteiger partial charge in [0.15, 0.2) is 0 Å². The molecule has 1 fully saturated rings. The van der Waals surface area contributed by atoms with Gasteiger partial charge in [-0.25, -0.2) is 22.3 Å². The second-order valence-corrected chi connectivity index (χ2v) is 7.67. The molecule has 1 saturated carbocycles. The van der Waals surface area contributed by atoms with Gasteiger partial charge < -0.3 is 5.11 Å². The Hall–Kier alpha value is -1.12. The molecule has 2 unspecified atom stereocenters. The first-order chi connectivity index (χ1) is 9.85. The van der Waals surface area contributed by atoms with Gasteiger partial charge in [0.25, 0.3) is 0 Å². The van der Waals surface area contributed by atoms with Gasteiger partial charge in [-0.3, -0.25) is 0 Å². The second-order valence-electron chi connectivity index (χ2n) is 4.88. The third-order valence-corrected chi connectivity index (χ3v) is 6.20. The van der Waals surface area contributed by atoms with Crippen LogP contribution in [0.15, 0.2) is 23.1 Å². The van der Waals surface area contributed by atoms with Crippen LogP contribution in [0.4, 0.5) is 4.39 Å². The average Bonchev–Trinajstić information content (AvgIpc) is 2.85. The maximum Gasteiger partial charge on any atom is 0.338 e. The first-order valence-corrected chi connectivity index (χ1v) is 9.20. The number of thioether (sulfide) groups is 1. The molecule has 0 aromatic heterocycles. The summed E-state index contributed by atoms with van der Waals surface area (Å²) in [6.07, 6.45) is 4.57. The van der Waals surface area contributed by atoms with Crippen LogP contribution in [-0.4, -0.2) is 37.0 Å². The van der Waals surface area contributed by atoms with E-state index in [2.05, 4.69) is 4.72 Å². The summed E-state index contributed by atoms with van der Waals surface area (Å²) in [6.45, 7) is 0. The Balaban J connectivity index is 2.27. The Morgan fingerprint density at radius 3 is 2.76 bits per heavy atom. The molecule has 116 valence electrons. The molecule has 2 N–H and O–H groups in total. The Morgan fingerprint density at radius 1 is 1.43 bits per heavy atom. The lowest BCUT2D eigenvalue weighted by atomic mass is 10.2. The van der Waals surface area contributed by atoms with Crippen LogP contribution in [0.2, 0.25) is 0 Å². The fourth-order valence-electron chi connectivity index (χ4n) is 2.45. The first kappa shape index (κ1) is 16.3. The smallest absolute Gasteiger partial charge is 0.338 e. The van der Waals surface area contributed by atoms with Gasteiger partial charge >= 0.3 is 5.97 Å². The zero-order valence-corrected chi connectivity index (χ0v) is 13.0. The zero-order valence-electron chi connectivity index (χ0n) is 11.4. The lowest BCUT2D eigenvalue weighted by molar-refractivity contribution is 0.0691. The molecule has 1 aromatic carbocycles. The topological polar surface area (TPSA) is 83.5 Å². The van der Waals surface area contributed by atoms with Crippen molar-refractivity contribution in [2.75, 3.05) is 6.26 Å². The van der Waals surface area contributed by atoms with E-state index in [9.17, 15) is 17.6 Å². The lowest BCUT2D eigenvalue weighted by Gasteiger charge is -2.19. The van der Waals surface area contributed by atoms with Crippen molar-refractivity contribution in [1.29, 1.82) is 0 Å². The normalized spacial score (nSPS) is 22.4. The molecule has 2 atom stereocenters. The van der Waals surface area contributed by atoms with Crippen molar-refractivity contribution in [3.63, 3.8) is 0 Å². The highest BCUT2D eigenvalue weighted by atomic mass is 32.2. The van der Waals surface area contributed by atoms with E-state index in [0.717, 1.165) is 37.5 Å². The second kappa shape index (κ2) is 6.33. The fourth-order valence-corrected chi connectivity index (χ4v) is 4.80. The number of benzene rings is 1. The average molecular weight is 333 g/mol. The Bertz CT molecular complexity index is 648. The first-order valence-electron chi connectivity index (χ1n) is 6.43. The van der Waals surface area contributed by atoms with Crippen LogP contribution in [0.25, 0.3) is 0 Å². The number of nitrogens with one attached hydrogen (secondary N) is 1. The van der Waals surface area contributed by atoms with Crippen LogP contribution in [0, 0.1) is 5.82 Å². The van der Waals surface area contributed by atoms with Crippen molar-refractivity contribution in [2.45, 2.75) is 35.4 Å². The third kappa shape index (κ3) is 3.56. The van der Waals surface area contributed by atoms with Crippen LogP contribution < -0.4 is 4.72 Å². The summed E-state index contributed by atoms with van der Waals surface area (Å²) in [5.74, 6) is -2.45. The van der Waals surface area contributed by atoms with Crippen LogP contribution in [0.3, 0.4) is 0 Å². The summed E-state index contributed by atoms with van der Waals surface area (Å²) in [4.78, 5) is 10.7. The molecule has 0 amide bonds. The number of aromatic carboxylic acids is 1. The number of rotatable bonds is 5. The quantitative estimate of drug-likeness (QED) is 0.862. The number of hydrogen-bond donors (Lipinski definition) is 2. The van der Waals surface area contributed by atoms with Gasteiger partial charge in [-0.05, 0) is 37.3 Å². The lowest BCUT2D eigenvalue weighted by Crippen LogP contribution is -2.38. The highest BCUT2D eigenvalue weighted by Crippen LogP contribution is 2.29. The highest BCUT2D eigenvalue weighted by molar-refractivity contribution is 7.99. The van der Waals surface area contributed by atoms with Crippen LogP contribution in [0.5, 0.6) is 0 Å². The van der Waals surface area contributed by atoms with Crippen molar-refractivity contribution in [3.8, 4) is 0 Å². The third-order valence-electron chi connectivity index (χ3n) is 3.54. The van der Waals surface area contributed by atoms with E-state index in [1.54, 1.807) is 11.8 Å². The number of hydrogen-bond acceptors (Lipinski definition) is 4. The number of carboxylic acids is 1. The molecule has 0 heterocycles. The number of carboxylic acid groups (broad SMARTS) is 1. The van der Waals surface area contributed by atoms with Gasteiger partial charge in [0.2, 0.25) is 10.0 Å². The summed E-state index contributed by atoms with van der Waals surface area (Å²) in [5, 5.41) is 9.07. The van der Waals surface area contributed by atoms with Gasteiger partial charge in [0.1, 0.15) is 5.82 Å². The highest BCUT2D eigenvalue weighted by Gasteiger charge is 2.31. The predicted molar refractivity (Wildman–Crippen MR) is 78.6 cm³/mol. The standard InChI is InChI=1S/C13H16FNO4S2/c1-20-12-4-2-3-11(12)15-21(18,19)8-5-6-10(14)9(7-8)13(16)17/h5-7,11-12,15H,2-4H2,1H3,(H,16,17). The zero-order chi connectivity index (χ0) is 15.6. The number of halogens is 1. The molecule has 0 aliphatic heterocycles. The molecule has 0 radical (unpaired) electrons. The molecular formula is C13H16FNO4S2. The van der Waals surface area contributed by atoms with Crippen molar-refractivity contribution >= 4 is 27.8 Å². The van der Waals surface area contributed by atoms with Crippen LogP contribution in [-0.2, 0) is 10.0 Å². The Kier molecular flexibility index (Phi) is 4.90. The minimum atomic E-state index is -3.85. The number of carbonyl (C=O) groups is 1. The van der Waals surface area contributed by atoms with Crippen LogP contribution in [0.1, 0.15) is 29.6 Å². The van der Waals surface area contributed by atoms with E-state index < -0.39 is 27.4 Å². The summed E-state index contributed by atoms with van der Waals surface area (Å²) in [7, 11) is -3.85. The molecule has 1 aliphatic carbocycles. The fraction of sp³-hybridized carbons (Fsp3) is 0.462. The summed E-state index contributed by atoms with van der Waals surface area (Å²) < 4.78 is 40.5. The van der Waals surface area contributed by atoms with Crippen molar-refractivity contribution in [3.05, 3.63) is 29.6 Å². The Labute approximate surface area is 127 Å². The van der Waals surface area contributed by atoms with E-state index >= 15 is 0 Å². The SMILES string of the molecule is CSC1CCCC1NS(=O)(=O)c1ccc(F)c(C(=O)O)c1. The van der Waals surface area contributed by atoms with Gasteiger partial charge in [0.05, 0.1) is 10.5 Å². The van der Waals surface area contributed by atoms with Gasteiger partial charge in [-0.2, -0.15) is 11.8 Å². The van der Waals surface area contributed by atoms with E-state index in [1.165, 1.54) is 0 Å². The molecule has 0 saturated heterocycles. The monoisotopic (exact) mass is 333 g/mol. The number of sulfonamides is 1. The molecule has 1 aromatic rings. The van der Waals surface area contributed by atoms with Crippen molar-refractivity contribution in [2.24, 2.45) is 0 Å². The van der Waals surface area contributed by atoms with E-state index in [0.29, 0.717) is 0 Å².